The Morgan fingerprint density at radius 2 is 2.00 bits per heavy atom. The van der Waals surface area contributed by atoms with Crippen LogP contribution in [0.1, 0.15) is 24.2 Å². The van der Waals surface area contributed by atoms with Crippen LogP contribution in [0, 0.1) is 0 Å². The SMILES string of the molecule is NCCCCn1ccnc1Cc1ccccc1N. The fraction of sp³-hybridized carbons (Fsp3) is 0.357. The maximum absolute atomic E-state index is 5.96. The molecule has 0 fully saturated rings. The van der Waals surface area contributed by atoms with E-state index in [1.807, 2.05) is 36.7 Å². The first-order chi connectivity index (χ1) is 8.81. The van der Waals surface area contributed by atoms with E-state index in [1.165, 1.54) is 0 Å². The van der Waals surface area contributed by atoms with Crippen LogP contribution in [-0.4, -0.2) is 16.1 Å². The van der Waals surface area contributed by atoms with Crippen molar-refractivity contribution in [2.45, 2.75) is 25.8 Å². The number of unbranched alkanes of at least 4 members (excludes halogenated alkanes) is 1. The van der Waals surface area contributed by atoms with Gasteiger partial charge in [-0.25, -0.2) is 4.98 Å². The van der Waals surface area contributed by atoms with Crippen molar-refractivity contribution in [1.29, 1.82) is 0 Å². The molecule has 2 rings (SSSR count). The van der Waals surface area contributed by atoms with Crippen LogP contribution in [0.2, 0.25) is 0 Å². The summed E-state index contributed by atoms with van der Waals surface area (Å²) in [5, 5.41) is 0. The Balaban J connectivity index is 2.05. The highest BCUT2D eigenvalue weighted by atomic mass is 15.1. The van der Waals surface area contributed by atoms with Gasteiger partial charge in [0.25, 0.3) is 0 Å². The van der Waals surface area contributed by atoms with E-state index < -0.39 is 0 Å². The van der Waals surface area contributed by atoms with Crippen LogP contribution in [0.4, 0.5) is 5.69 Å². The van der Waals surface area contributed by atoms with Gasteiger partial charge >= 0.3 is 0 Å². The summed E-state index contributed by atoms with van der Waals surface area (Å²) in [5.74, 6) is 1.06. The average Bonchev–Trinajstić information content (AvgIpc) is 2.80. The van der Waals surface area contributed by atoms with Gasteiger partial charge in [-0.1, -0.05) is 18.2 Å². The molecule has 4 nitrogen and oxygen atoms in total. The zero-order valence-corrected chi connectivity index (χ0v) is 10.5. The number of nitrogens with two attached hydrogens (primary N) is 2. The predicted molar refractivity (Wildman–Crippen MR) is 74.2 cm³/mol. The number of anilines is 1. The van der Waals surface area contributed by atoms with E-state index >= 15 is 0 Å². The third kappa shape index (κ3) is 3.11. The van der Waals surface area contributed by atoms with Gasteiger partial charge in [-0.15, -0.1) is 0 Å². The van der Waals surface area contributed by atoms with Gasteiger partial charge in [0.2, 0.25) is 0 Å². The van der Waals surface area contributed by atoms with Crippen molar-refractivity contribution in [3.05, 3.63) is 48.0 Å². The lowest BCUT2D eigenvalue weighted by atomic mass is 10.1. The highest BCUT2D eigenvalue weighted by Crippen LogP contribution is 2.15. The van der Waals surface area contributed by atoms with Crippen molar-refractivity contribution in [2.75, 3.05) is 12.3 Å². The molecule has 18 heavy (non-hydrogen) atoms. The van der Waals surface area contributed by atoms with Gasteiger partial charge in [-0.2, -0.15) is 0 Å². The lowest BCUT2D eigenvalue weighted by Gasteiger charge is -2.09. The highest BCUT2D eigenvalue weighted by molar-refractivity contribution is 5.47. The van der Waals surface area contributed by atoms with Crippen molar-refractivity contribution in [1.82, 2.24) is 9.55 Å². The van der Waals surface area contributed by atoms with Crippen LogP contribution < -0.4 is 11.5 Å². The number of benzene rings is 1. The first-order valence-corrected chi connectivity index (χ1v) is 6.34. The second kappa shape index (κ2) is 6.21. The number of nitrogens with zero attached hydrogens (tertiary/aromatic N) is 2. The van der Waals surface area contributed by atoms with Crippen molar-refractivity contribution >= 4 is 5.69 Å². The largest absolute Gasteiger partial charge is 0.398 e. The number of imidazole rings is 1. The maximum atomic E-state index is 5.96. The van der Waals surface area contributed by atoms with Crippen LogP contribution in [-0.2, 0) is 13.0 Å². The average molecular weight is 244 g/mol. The van der Waals surface area contributed by atoms with Crippen molar-refractivity contribution in [3.8, 4) is 0 Å². The molecular formula is C14H20N4. The Bertz CT molecular complexity index is 490. The minimum Gasteiger partial charge on any atom is -0.398 e. The summed E-state index contributed by atoms with van der Waals surface area (Å²) >= 11 is 0. The molecule has 1 heterocycles. The molecule has 0 unspecified atom stereocenters. The Morgan fingerprint density at radius 1 is 1.17 bits per heavy atom. The predicted octanol–water partition coefficient (Wildman–Crippen LogP) is 1.80. The van der Waals surface area contributed by atoms with Crippen molar-refractivity contribution in [3.63, 3.8) is 0 Å². The molecule has 0 bridgehead atoms. The fourth-order valence-corrected chi connectivity index (χ4v) is 2.00. The molecule has 0 saturated heterocycles. The topological polar surface area (TPSA) is 69.9 Å². The Hall–Kier alpha value is -1.81. The van der Waals surface area contributed by atoms with Gasteiger partial charge in [0.15, 0.2) is 0 Å². The zero-order valence-electron chi connectivity index (χ0n) is 10.5. The lowest BCUT2D eigenvalue weighted by Crippen LogP contribution is -2.07. The number of hydrogen-bond acceptors (Lipinski definition) is 3. The van der Waals surface area contributed by atoms with E-state index in [0.29, 0.717) is 0 Å². The number of rotatable bonds is 6. The van der Waals surface area contributed by atoms with Gasteiger partial charge < -0.3 is 16.0 Å². The molecule has 2 aromatic rings. The molecule has 1 aromatic carbocycles. The second-order valence-electron chi connectivity index (χ2n) is 4.41. The molecule has 0 aliphatic rings. The van der Waals surface area contributed by atoms with Crippen LogP contribution in [0.15, 0.2) is 36.7 Å². The monoisotopic (exact) mass is 244 g/mol. The molecule has 1 aromatic heterocycles. The summed E-state index contributed by atoms with van der Waals surface area (Å²) < 4.78 is 2.18. The van der Waals surface area contributed by atoms with E-state index in [0.717, 1.165) is 49.4 Å². The third-order valence-electron chi connectivity index (χ3n) is 3.06. The standard InChI is InChI=1S/C14H20N4/c15-7-3-4-9-18-10-8-17-14(18)11-12-5-1-2-6-13(12)16/h1-2,5-6,8,10H,3-4,7,9,11,15-16H2. The molecule has 0 atom stereocenters. The quantitative estimate of drug-likeness (QED) is 0.601. The summed E-state index contributed by atoms with van der Waals surface area (Å²) in [6, 6.07) is 7.94. The minimum atomic E-state index is 0.746. The highest BCUT2D eigenvalue weighted by Gasteiger charge is 2.05. The van der Waals surface area contributed by atoms with Crippen molar-refractivity contribution < 1.29 is 0 Å². The first kappa shape index (κ1) is 12.6. The summed E-state index contributed by atoms with van der Waals surface area (Å²) in [6.45, 7) is 1.72. The van der Waals surface area contributed by atoms with Gasteiger partial charge in [0, 0.05) is 31.0 Å². The van der Waals surface area contributed by atoms with Crippen LogP contribution in [0.5, 0.6) is 0 Å². The number of nitrogen functional groups attached to an aromatic ring is 1. The summed E-state index contributed by atoms with van der Waals surface area (Å²) in [5.41, 5.74) is 13.4. The molecule has 0 saturated carbocycles. The van der Waals surface area contributed by atoms with Crippen LogP contribution >= 0.6 is 0 Å². The van der Waals surface area contributed by atoms with Crippen molar-refractivity contribution in [2.24, 2.45) is 5.73 Å². The van der Waals surface area contributed by atoms with Gasteiger partial charge in [0.1, 0.15) is 5.82 Å². The van der Waals surface area contributed by atoms with Crippen LogP contribution in [0.3, 0.4) is 0 Å². The van der Waals surface area contributed by atoms with Gasteiger partial charge in [-0.05, 0) is 31.0 Å². The second-order valence-corrected chi connectivity index (χ2v) is 4.41. The molecule has 0 spiro atoms. The first-order valence-electron chi connectivity index (χ1n) is 6.34. The van der Waals surface area contributed by atoms with E-state index in [9.17, 15) is 0 Å². The Labute approximate surface area is 108 Å². The minimum absolute atomic E-state index is 0.746. The summed E-state index contributed by atoms with van der Waals surface area (Å²) in [4.78, 5) is 4.41. The van der Waals surface area contributed by atoms with Gasteiger partial charge in [0.05, 0.1) is 0 Å². The zero-order chi connectivity index (χ0) is 12.8. The Morgan fingerprint density at radius 3 is 2.78 bits per heavy atom. The Kier molecular flexibility index (Phi) is 4.36. The smallest absolute Gasteiger partial charge is 0.113 e. The van der Waals surface area contributed by atoms with Gasteiger partial charge in [-0.3, -0.25) is 0 Å². The fourth-order valence-electron chi connectivity index (χ4n) is 2.00. The molecule has 4 N–H and O–H groups in total. The van der Waals surface area contributed by atoms with Crippen LogP contribution in [0.25, 0.3) is 0 Å². The third-order valence-corrected chi connectivity index (χ3v) is 3.06. The number of hydrogen-bond donors (Lipinski definition) is 2. The van der Waals surface area contributed by atoms with E-state index in [2.05, 4.69) is 9.55 Å². The van der Waals surface area contributed by atoms with E-state index in [4.69, 9.17) is 11.5 Å². The molecule has 4 heteroatoms. The number of aromatic nitrogens is 2. The van der Waals surface area contributed by atoms with E-state index in [1.54, 1.807) is 0 Å². The summed E-state index contributed by atoms with van der Waals surface area (Å²) in [7, 11) is 0. The van der Waals surface area contributed by atoms with E-state index in [-0.39, 0.29) is 0 Å². The molecular weight excluding hydrogens is 224 g/mol. The normalized spacial score (nSPS) is 10.7. The summed E-state index contributed by atoms with van der Waals surface area (Å²) in [6.07, 6.45) is 6.78. The lowest BCUT2D eigenvalue weighted by molar-refractivity contribution is 0.595. The molecule has 0 aliphatic heterocycles. The number of aryl methyl sites for hydroxylation is 1. The maximum Gasteiger partial charge on any atom is 0.113 e. The number of para-hydroxylation sites is 1. The molecule has 96 valence electrons. The molecule has 0 aliphatic carbocycles. The molecule has 0 radical (unpaired) electrons. The molecule has 0 amide bonds.